The van der Waals surface area contributed by atoms with Gasteiger partial charge in [-0.15, -0.1) is 0 Å². The third-order valence-corrected chi connectivity index (χ3v) is 5.45. The van der Waals surface area contributed by atoms with Gasteiger partial charge in [0.2, 0.25) is 5.91 Å². The molecule has 27 heavy (non-hydrogen) atoms. The SMILES string of the molecule is Cc1nc2ccccc2n1CC(=O)Nc1ccc(N2CCC(C)CC2)cc1. The number of fused-ring (bicyclic) bond motifs is 1. The van der Waals surface area contributed by atoms with E-state index in [1.807, 2.05) is 47.9 Å². The summed E-state index contributed by atoms with van der Waals surface area (Å²) in [6, 6.07) is 16.1. The first-order valence-electron chi connectivity index (χ1n) is 9.67. The minimum absolute atomic E-state index is 0.0409. The van der Waals surface area contributed by atoms with Crippen molar-refractivity contribution in [1.82, 2.24) is 9.55 Å². The standard InChI is InChI=1S/C22H26N4O/c1-16-11-13-25(14-12-16)19-9-7-18(8-10-19)24-22(27)15-26-17(2)23-20-5-3-4-6-21(20)26/h3-10,16H,11-15H2,1-2H3,(H,24,27). The van der Waals surface area contributed by atoms with E-state index in [0.717, 1.165) is 41.6 Å². The van der Waals surface area contributed by atoms with E-state index in [1.165, 1.54) is 18.5 Å². The number of hydrogen-bond acceptors (Lipinski definition) is 3. The summed E-state index contributed by atoms with van der Waals surface area (Å²) in [5.74, 6) is 1.63. The Morgan fingerprint density at radius 3 is 2.56 bits per heavy atom. The normalized spacial score (nSPS) is 15.3. The average Bonchev–Trinajstić information content (AvgIpc) is 2.98. The zero-order valence-corrected chi connectivity index (χ0v) is 16.0. The van der Waals surface area contributed by atoms with Gasteiger partial charge in [0.05, 0.1) is 11.0 Å². The van der Waals surface area contributed by atoms with Crippen molar-refractivity contribution in [2.75, 3.05) is 23.3 Å². The van der Waals surface area contributed by atoms with Crippen molar-refractivity contribution < 1.29 is 4.79 Å². The van der Waals surface area contributed by atoms with Crippen LogP contribution in [-0.4, -0.2) is 28.5 Å². The predicted molar refractivity (Wildman–Crippen MR) is 110 cm³/mol. The molecular formula is C22H26N4O. The number of aryl methyl sites for hydroxylation is 1. The number of hydrogen-bond donors (Lipinski definition) is 1. The second-order valence-corrected chi connectivity index (χ2v) is 7.50. The third-order valence-electron chi connectivity index (χ3n) is 5.45. The molecule has 1 aliphatic heterocycles. The van der Waals surface area contributed by atoms with Crippen molar-refractivity contribution in [1.29, 1.82) is 0 Å². The second-order valence-electron chi connectivity index (χ2n) is 7.50. The number of benzene rings is 2. The molecule has 0 aliphatic carbocycles. The Morgan fingerprint density at radius 2 is 1.81 bits per heavy atom. The molecule has 0 bridgehead atoms. The zero-order chi connectivity index (χ0) is 18.8. The number of nitrogens with one attached hydrogen (secondary N) is 1. The minimum Gasteiger partial charge on any atom is -0.372 e. The first kappa shape index (κ1) is 17.6. The lowest BCUT2D eigenvalue weighted by molar-refractivity contribution is -0.116. The Hall–Kier alpha value is -2.82. The van der Waals surface area contributed by atoms with Gasteiger partial charge < -0.3 is 14.8 Å². The number of nitrogens with zero attached hydrogens (tertiary/aromatic N) is 3. The summed E-state index contributed by atoms with van der Waals surface area (Å²) in [5.41, 5.74) is 3.97. The summed E-state index contributed by atoms with van der Waals surface area (Å²) in [7, 11) is 0. The van der Waals surface area contributed by atoms with Gasteiger partial charge in [0.25, 0.3) is 0 Å². The van der Waals surface area contributed by atoms with Crippen LogP contribution >= 0.6 is 0 Å². The molecule has 1 saturated heterocycles. The highest BCUT2D eigenvalue weighted by Gasteiger charge is 2.16. The fraction of sp³-hybridized carbons (Fsp3) is 0.364. The topological polar surface area (TPSA) is 50.2 Å². The quantitative estimate of drug-likeness (QED) is 0.756. The van der Waals surface area contributed by atoms with Crippen molar-refractivity contribution in [3.05, 3.63) is 54.4 Å². The summed E-state index contributed by atoms with van der Waals surface area (Å²) >= 11 is 0. The number of piperidine rings is 1. The molecule has 5 nitrogen and oxygen atoms in total. The third kappa shape index (κ3) is 3.82. The molecule has 0 radical (unpaired) electrons. The van der Waals surface area contributed by atoms with Crippen LogP contribution in [0.3, 0.4) is 0 Å². The molecular weight excluding hydrogens is 336 g/mol. The number of imidazole rings is 1. The molecule has 1 aromatic heterocycles. The van der Waals surface area contributed by atoms with E-state index in [2.05, 4.69) is 34.3 Å². The van der Waals surface area contributed by atoms with Crippen LogP contribution in [0, 0.1) is 12.8 Å². The minimum atomic E-state index is -0.0409. The number of aromatic nitrogens is 2. The van der Waals surface area contributed by atoms with Gasteiger partial charge in [-0.3, -0.25) is 4.79 Å². The van der Waals surface area contributed by atoms with Crippen LogP contribution in [0.25, 0.3) is 11.0 Å². The number of rotatable bonds is 4. The fourth-order valence-corrected chi connectivity index (χ4v) is 3.76. The largest absolute Gasteiger partial charge is 0.372 e. The molecule has 140 valence electrons. The molecule has 1 fully saturated rings. The smallest absolute Gasteiger partial charge is 0.244 e. The highest BCUT2D eigenvalue weighted by Crippen LogP contribution is 2.24. The Balaban J connectivity index is 1.41. The van der Waals surface area contributed by atoms with E-state index in [9.17, 15) is 4.79 Å². The van der Waals surface area contributed by atoms with E-state index in [1.54, 1.807) is 0 Å². The van der Waals surface area contributed by atoms with Gasteiger partial charge in [-0.2, -0.15) is 0 Å². The van der Waals surface area contributed by atoms with Crippen LogP contribution in [-0.2, 0) is 11.3 Å². The van der Waals surface area contributed by atoms with Crippen molar-refractivity contribution in [3.8, 4) is 0 Å². The second kappa shape index (κ2) is 7.43. The maximum atomic E-state index is 12.5. The number of anilines is 2. The van der Waals surface area contributed by atoms with Gasteiger partial charge in [0, 0.05) is 24.5 Å². The van der Waals surface area contributed by atoms with Crippen LogP contribution in [0.15, 0.2) is 48.5 Å². The lowest BCUT2D eigenvalue weighted by Gasteiger charge is -2.32. The highest BCUT2D eigenvalue weighted by atomic mass is 16.1. The van der Waals surface area contributed by atoms with E-state index < -0.39 is 0 Å². The fourth-order valence-electron chi connectivity index (χ4n) is 3.76. The van der Waals surface area contributed by atoms with Gasteiger partial charge in [0.1, 0.15) is 12.4 Å². The van der Waals surface area contributed by atoms with Crippen LogP contribution in [0.1, 0.15) is 25.6 Å². The summed E-state index contributed by atoms with van der Waals surface area (Å²) < 4.78 is 1.95. The van der Waals surface area contributed by atoms with Gasteiger partial charge in [-0.05, 0) is 62.1 Å². The Morgan fingerprint density at radius 1 is 1.11 bits per heavy atom. The summed E-state index contributed by atoms with van der Waals surface area (Å²) in [4.78, 5) is 19.5. The van der Waals surface area contributed by atoms with E-state index in [4.69, 9.17) is 0 Å². The number of para-hydroxylation sites is 2. The molecule has 0 atom stereocenters. The lowest BCUT2D eigenvalue weighted by Crippen LogP contribution is -2.32. The van der Waals surface area contributed by atoms with Crippen molar-refractivity contribution in [3.63, 3.8) is 0 Å². The predicted octanol–water partition coefficient (Wildman–Crippen LogP) is 4.22. The molecule has 1 N–H and O–H groups in total. The van der Waals surface area contributed by atoms with Crippen LogP contribution in [0.4, 0.5) is 11.4 Å². The van der Waals surface area contributed by atoms with E-state index in [0.29, 0.717) is 0 Å². The maximum Gasteiger partial charge on any atom is 0.244 e. The Labute approximate surface area is 160 Å². The molecule has 1 amide bonds. The van der Waals surface area contributed by atoms with Crippen LogP contribution in [0.5, 0.6) is 0 Å². The maximum absolute atomic E-state index is 12.5. The Kier molecular flexibility index (Phi) is 4.84. The van der Waals surface area contributed by atoms with E-state index >= 15 is 0 Å². The molecule has 2 aromatic carbocycles. The highest BCUT2D eigenvalue weighted by molar-refractivity contribution is 5.92. The number of amides is 1. The molecule has 0 saturated carbocycles. The van der Waals surface area contributed by atoms with Crippen LogP contribution < -0.4 is 10.2 Å². The molecule has 0 unspecified atom stereocenters. The van der Waals surface area contributed by atoms with Gasteiger partial charge in [0.15, 0.2) is 0 Å². The Bertz CT molecular complexity index is 937. The van der Waals surface area contributed by atoms with Crippen molar-refractivity contribution in [2.24, 2.45) is 5.92 Å². The molecule has 5 heteroatoms. The van der Waals surface area contributed by atoms with E-state index in [-0.39, 0.29) is 12.5 Å². The lowest BCUT2D eigenvalue weighted by atomic mass is 9.99. The molecule has 2 heterocycles. The van der Waals surface area contributed by atoms with Gasteiger partial charge >= 0.3 is 0 Å². The number of carbonyl (C=O) groups is 1. The van der Waals surface area contributed by atoms with Crippen molar-refractivity contribution >= 4 is 28.3 Å². The molecule has 3 aromatic rings. The molecule has 0 spiro atoms. The first-order valence-corrected chi connectivity index (χ1v) is 9.67. The molecule has 1 aliphatic rings. The summed E-state index contributed by atoms with van der Waals surface area (Å²) in [5, 5.41) is 3.00. The zero-order valence-electron chi connectivity index (χ0n) is 16.0. The molecule has 4 rings (SSSR count). The number of carbonyl (C=O) groups excluding carboxylic acids is 1. The average molecular weight is 362 g/mol. The van der Waals surface area contributed by atoms with Crippen LogP contribution in [0.2, 0.25) is 0 Å². The monoisotopic (exact) mass is 362 g/mol. The first-order chi connectivity index (χ1) is 13.1. The summed E-state index contributed by atoms with van der Waals surface area (Å²) in [6.07, 6.45) is 2.49. The van der Waals surface area contributed by atoms with Gasteiger partial charge in [-0.1, -0.05) is 19.1 Å². The van der Waals surface area contributed by atoms with Crippen molar-refractivity contribution in [2.45, 2.75) is 33.2 Å². The summed E-state index contributed by atoms with van der Waals surface area (Å²) in [6.45, 7) is 6.74. The van der Waals surface area contributed by atoms with Gasteiger partial charge in [-0.25, -0.2) is 4.98 Å².